The second-order valence-electron chi connectivity index (χ2n) is 3.89. The first-order valence-corrected chi connectivity index (χ1v) is 6.27. The molecule has 0 aromatic heterocycles. The van der Waals surface area contributed by atoms with E-state index in [2.05, 4.69) is 15.9 Å². The van der Waals surface area contributed by atoms with E-state index in [9.17, 15) is 9.50 Å². The summed E-state index contributed by atoms with van der Waals surface area (Å²) in [7, 11) is 0. The van der Waals surface area contributed by atoms with Crippen LogP contribution >= 0.6 is 15.9 Å². The summed E-state index contributed by atoms with van der Waals surface area (Å²) in [5.74, 6) is 0.277. The minimum Gasteiger partial charge on any atom is -0.454 e. The first-order valence-electron chi connectivity index (χ1n) is 5.48. The molecule has 1 N–H and O–H groups in total. The molecule has 0 heterocycles. The van der Waals surface area contributed by atoms with Crippen LogP contribution in [0.1, 0.15) is 18.6 Å². The molecule has 0 bridgehead atoms. The molecule has 0 aliphatic carbocycles. The van der Waals surface area contributed by atoms with E-state index in [4.69, 9.17) is 4.74 Å². The van der Waals surface area contributed by atoms with Crippen molar-refractivity contribution in [2.45, 2.75) is 13.0 Å². The van der Waals surface area contributed by atoms with Crippen LogP contribution in [-0.2, 0) is 0 Å². The van der Waals surface area contributed by atoms with Crippen LogP contribution in [0.25, 0.3) is 0 Å². The van der Waals surface area contributed by atoms with E-state index in [1.807, 2.05) is 0 Å². The van der Waals surface area contributed by atoms with Gasteiger partial charge in [0.25, 0.3) is 0 Å². The minimum absolute atomic E-state index is 0.175. The number of halogens is 2. The van der Waals surface area contributed by atoms with Gasteiger partial charge in [-0.3, -0.25) is 0 Å². The van der Waals surface area contributed by atoms with Crippen molar-refractivity contribution in [2.24, 2.45) is 0 Å². The largest absolute Gasteiger partial charge is 0.454 e. The third kappa shape index (κ3) is 2.89. The van der Waals surface area contributed by atoms with Gasteiger partial charge in [-0.25, -0.2) is 4.39 Å². The van der Waals surface area contributed by atoms with Crippen molar-refractivity contribution in [2.75, 3.05) is 0 Å². The third-order valence-electron chi connectivity index (χ3n) is 2.49. The Hall–Kier alpha value is -1.39. The lowest BCUT2D eigenvalue weighted by Crippen LogP contribution is -1.94. The van der Waals surface area contributed by atoms with Crippen molar-refractivity contribution in [1.29, 1.82) is 0 Å². The fraction of sp³-hybridized carbons (Fsp3) is 0.143. The van der Waals surface area contributed by atoms with Crippen LogP contribution in [0.4, 0.5) is 4.39 Å². The summed E-state index contributed by atoms with van der Waals surface area (Å²) >= 11 is 3.35. The van der Waals surface area contributed by atoms with Gasteiger partial charge in [-0.05, 0) is 36.8 Å². The summed E-state index contributed by atoms with van der Waals surface area (Å²) in [6, 6.07) is 11.4. The second-order valence-corrected chi connectivity index (χ2v) is 4.75. The number of hydrogen-bond donors (Lipinski definition) is 1. The predicted octanol–water partition coefficient (Wildman–Crippen LogP) is 4.43. The average Bonchev–Trinajstić information content (AvgIpc) is 2.32. The summed E-state index contributed by atoms with van der Waals surface area (Å²) in [6.07, 6.45) is -0.568. The molecule has 0 saturated heterocycles. The lowest BCUT2D eigenvalue weighted by molar-refractivity contribution is 0.198. The van der Waals surface area contributed by atoms with Crippen LogP contribution in [-0.4, -0.2) is 5.11 Å². The van der Waals surface area contributed by atoms with Gasteiger partial charge in [0.1, 0.15) is 5.75 Å². The maximum Gasteiger partial charge on any atom is 0.165 e. The number of aliphatic hydroxyl groups excluding tert-OH is 1. The van der Waals surface area contributed by atoms with Gasteiger partial charge >= 0.3 is 0 Å². The van der Waals surface area contributed by atoms with Gasteiger partial charge in [0.15, 0.2) is 11.6 Å². The average molecular weight is 311 g/mol. The lowest BCUT2D eigenvalue weighted by Gasteiger charge is -2.11. The van der Waals surface area contributed by atoms with Crippen LogP contribution in [0.2, 0.25) is 0 Å². The zero-order valence-corrected chi connectivity index (χ0v) is 11.3. The van der Waals surface area contributed by atoms with Crippen LogP contribution < -0.4 is 4.74 Å². The molecule has 2 aromatic carbocycles. The normalized spacial score (nSPS) is 12.2. The quantitative estimate of drug-likeness (QED) is 0.908. The molecule has 0 aliphatic rings. The first kappa shape index (κ1) is 13.1. The van der Waals surface area contributed by atoms with Crippen molar-refractivity contribution in [1.82, 2.24) is 0 Å². The maximum atomic E-state index is 13.4. The Morgan fingerprint density at radius 3 is 2.56 bits per heavy atom. The van der Waals surface area contributed by atoms with Crippen LogP contribution in [0.3, 0.4) is 0 Å². The Morgan fingerprint density at radius 2 is 1.94 bits per heavy atom. The molecule has 0 amide bonds. The number of rotatable bonds is 3. The third-order valence-corrected chi connectivity index (χ3v) is 3.17. The summed E-state index contributed by atoms with van der Waals surface area (Å²) in [4.78, 5) is 0. The molecular weight excluding hydrogens is 299 g/mol. The van der Waals surface area contributed by atoms with Crippen molar-refractivity contribution >= 4 is 15.9 Å². The molecule has 1 atom stereocenters. The number of benzene rings is 2. The van der Waals surface area contributed by atoms with Crippen molar-refractivity contribution in [3.63, 3.8) is 0 Å². The highest BCUT2D eigenvalue weighted by Gasteiger charge is 2.09. The van der Waals surface area contributed by atoms with E-state index in [1.54, 1.807) is 43.3 Å². The Kier molecular flexibility index (Phi) is 3.99. The molecule has 94 valence electrons. The summed E-state index contributed by atoms with van der Waals surface area (Å²) in [6.45, 7) is 1.68. The minimum atomic E-state index is -0.568. The zero-order chi connectivity index (χ0) is 13.1. The zero-order valence-electron chi connectivity index (χ0n) is 9.73. The van der Waals surface area contributed by atoms with E-state index in [-0.39, 0.29) is 5.75 Å². The Bertz CT molecular complexity index is 555. The van der Waals surface area contributed by atoms with Gasteiger partial charge in [0.05, 0.1) is 6.10 Å². The Balaban J connectivity index is 2.26. The van der Waals surface area contributed by atoms with Gasteiger partial charge in [-0.2, -0.15) is 0 Å². The summed E-state index contributed by atoms with van der Waals surface area (Å²) in [5.41, 5.74) is 0.760. The van der Waals surface area contributed by atoms with E-state index in [1.165, 1.54) is 6.07 Å². The highest BCUT2D eigenvalue weighted by atomic mass is 79.9. The smallest absolute Gasteiger partial charge is 0.165 e. The maximum absolute atomic E-state index is 13.4. The molecule has 2 nitrogen and oxygen atoms in total. The van der Waals surface area contributed by atoms with Gasteiger partial charge in [-0.1, -0.05) is 34.1 Å². The number of hydrogen-bond acceptors (Lipinski definition) is 2. The molecule has 0 aliphatic heterocycles. The highest BCUT2D eigenvalue weighted by Crippen LogP contribution is 2.30. The van der Waals surface area contributed by atoms with Crippen LogP contribution in [0.5, 0.6) is 11.5 Å². The summed E-state index contributed by atoms with van der Waals surface area (Å²) < 4.78 is 19.6. The van der Waals surface area contributed by atoms with Gasteiger partial charge in [-0.15, -0.1) is 0 Å². The fourth-order valence-corrected chi connectivity index (χ4v) is 2.25. The van der Waals surface area contributed by atoms with E-state index >= 15 is 0 Å². The monoisotopic (exact) mass is 310 g/mol. The van der Waals surface area contributed by atoms with Crippen molar-refractivity contribution in [3.05, 3.63) is 58.3 Å². The van der Waals surface area contributed by atoms with Crippen LogP contribution in [0, 0.1) is 5.82 Å². The van der Waals surface area contributed by atoms with Gasteiger partial charge in [0.2, 0.25) is 0 Å². The Labute approximate surface area is 113 Å². The first-order chi connectivity index (χ1) is 8.58. The Morgan fingerprint density at radius 1 is 1.22 bits per heavy atom. The fourth-order valence-electron chi connectivity index (χ4n) is 1.56. The van der Waals surface area contributed by atoms with Crippen LogP contribution in [0.15, 0.2) is 46.9 Å². The molecule has 2 aromatic rings. The second kappa shape index (κ2) is 5.50. The SMILES string of the molecule is CC(O)c1ccc(Oc2ccccc2F)cc1Br. The molecule has 0 fully saturated rings. The van der Waals surface area contributed by atoms with Gasteiger partial charge in [0, 0.05) is 4.47 Å². The number of ether oxygens (including phenoxy) is 1. The molecule has 2 rings (SSSR count). The highest BCUT2D eigenvalue weighted by molar-refractivity contribution is 9.10. The molecular formula is C14H12BrFO2. The molecule has 0 radical (unpaired) electrons. The lowest BCUT2D eigenvalue weighted by atomic mass is 10.1. The molecule has 4 heteroatoms. The summed E-state index contributed by atoms with van der Waals surface area (Å²) in [5, 5.41) is 9.50. The predicted molar refractivity (Wildman–Crippen MR) is 71.2 cm³/mol. The van der Waals surface area contributed by atoms with Crippen molar-refractivity contribution in [3.8, 4) is 11.5 Å². The van der Waals surface area contributed by atoms with E-state index in [0.29, 0.717) is 5.75 Å². The molecule has 0 saturated carbocycles. The van der Waals surface area contributed by atoms with E-state index in [0.717, 1.165) is 10.0 Å². The standard InChI is InChI=1S/C14H12BrFO2/c1-9(17)11-7-6-10(8-12(11)15)18-14-5-3-2-4-13(14)16/h2-9,17H,1H3. The topological polar surface area (TPSA) is 29.5 Å². The number of para-hydroxylation sites is 1. The number of aliphatic hydroxyl groups is 1. The van der Waals surface area contributed by atoms with E-state index < -0.39 is 11.9 Å². The molecule has 0 spiro atoms. The molecule has 18 heavy (non-hydrogen) atoms. The molecule has 1 unspecified atom stereocenters. The van der Waals surface area contributed by atoms with Crippen molar-refractivity contribution < 1.29 is 14.2 Å². The van der Waals surface area contributed by atoms with Gasteiger partial charge < -0.3 is 9.84 Å².